The van der Waals surface area contributed by atoms with Crippen molar-refractivity contribution in [2.24, 2.45) is 0 Å². The fourth-order valence-electron chi connectivity index (χ4n) is 2.80. The first kappa shape index (κ1) is 17.4. The van der Waals surface area contributed by atoms with Gasteiger partial charge in [0.2, 0.25) is 5.91 Å². The molecule has 2 N–H and O–H groups in total. The van der Waals surface area contributed by atoms with Crippen LogP contribution in [0.15, 0.2) is 42.6 Å². The SMILES string of the molecule is Cc1cccnc1NC(=S)NCc1ccc(CN2CCCC2=O)cc1. The van der Waals surface area contributed by atoms with E-state index >= 15 is 0 Å². The Morgan fingerprint density at radius 1 is 1.24 bits per heavy atom. The lowest BCUT2D eigenvalue weighted by Gasteiger charge is -2.16. The number of benzene rings is 1. The molecule has 2 heterocycles. The number of rotatable bonds is 5. The third-order valence-corrected chi connectivity index (χ3v) is 4.51. The first-order valence-corrected chi connectivity index (χ1v) is 8.85. The van der Waals surface area contributed by atoms with E-state index < -0.39 is 0 Å². The van der Waals surface area contributed by atoms with Gasteiger partial charge in [-0.15, -0.1) is 0 Å². The van der Waals surface area contributed by atoms with Crippen LogP contribution in [-0.2, 0) is 17.9 Å². The minimum Gasteiger partial charge on any atom is -0.358 e. The van der Waals surface area contributed by atoms with E-state index in [0.717, 1.165) is 35.5 Å². The van der Waals surface area contributed by atoms with Crippen LogP contribution in [0.3, 0.4) is 0 Å². The number of likely N-dealkylation sites (tertiary alicyclic amines) is 1. The maximum Gasteiger partial charge on any atom is 0.222 e. The fraction of sp³-hybridized carbons (Fsp3) is 0.316. The number of anilines is 1. The Labute approximate surface area is 153 Å². The largest absolute Gasteiger partial charge is 0.358 e. The maximum absolute atomic E-state index is 11.7. The number of aryl methyl sites for hydroxylation is 1. The standard InChI is InChI=1S/C19H22N4OS/c1-14-4-2-10-20-18(14)22-19(25)21-12-15-6-8-16(9-7-15)13-23-11-3-5-17(23)24/h2,4,6-10H,3,5,11-13H2,1H3,(H2,20,21,22,25). The van der Waals surface area contributed by atoms with Crippen LogP contribution >= 0.6 is 12.2 Å². The molecule has 0 saturated carbocycles. The summed E-state index contributed by atoms with van der Waals surface area (Å²) in [5.41, 5.74) is 3.34. The molecule has 1 aromatic heterocycles. The van der Waals surface area contributed by atoms with Crippen LogP contribution in [0, 0.1) is 6.92 Å². The van der Waals surface area contributed by atoms with E-state index in [1.54, 1.807) is 6.20 Å². The topological polar surface area (TPSA) is 57.3 Å². The summed E-state index contributed by atoms with van der Waals surface area (Å²) in [7, 11) is 0. The summed E-state index contributed by atoms with van der Waals surface area (Å²) in [5.74, 6) is 1.03. The van der Waals surface area contributed by atoms with E-state index in [0.29, 0.717) is 24.6 Å². The zero-order valence-electron chi connectivity index (χ0n) is 14.3. The van der Waals surface area contributed by atoms with E-state index in [1.165, 1.54) is 0 Å². The number of nitrogens with zero attached hydrogens (tertiary/aromatic N) is 2. The van der Waals surface area contributed by atoms with Crippen LogP contribution < -0.4 is 10.6 Å². The zero-order valence-corrected chi connectivity index (χ0v) is 15.1. The number of hydrogen-bond donors (Lipinski definition) is 2. The van der Waals surface area contributed by atoms with Crippen LogP contribution in [0.5, 0.6) is 0 Å². The molecule has 3 rings (SSSR count). The summed E-state index contributed by atoms with van der Waals surface area (Å²) in [6.07, 6.45) is 3.39. The van der Waals surface area contributed by atoms with Gasteiger partial charge in [-0.3, -0.25) is 4.79 Å². The fourth-order valence-corrected chi connectivity index (χ4v) is 2.97. The molecular formula is C19H22N4OS. The van der Waals surface area contributed by atoms with Crippen molar-refractivity contribution < 1.29 is 4.79 Å². The Morgan fingerprint density at radius 2 is 2.00 bits per heavy atom. The van der Waals surface area contributed by atoms with E-state index in [1.807, 2.05) is 24.0 Å². The quantitative estimate of drug-likeness (QED) is 0.809. The minimum atomic E-state index is 0.256. The molecule has 2 aromatic rings. The van der Waals surface area contributed by atoms with Crippen molar-refractivity contribution in [1.82, 2.24) is 15.2 Å². The smallest absolute Gasteiger partial charge is 0.222 e. The number of pyridine rings is 1. The summed E-state index contributed by atoms with van der Waals surface area (Å²) in [4.78, 5) is 17.9. The van der Waals surface area contributed by atoms with Gasteiger partial charge in [0, 0.05) is 32.3 Å². The zero-order chi connectivity index (χ0) is 17.6. The van der Waals surface area contributed by atoms with E-state index in [-0.39, 0.29) is 5.91 Å². The van der Waals surface area contributed by atoms with E-state index in [2.05, 4.69) is 39.9 Å². The molecule has 1 aliphatic rings. The van der Waals surface area contributed by atoms with Crippen molar-refractivity contribution in [2.45, 2.75) is 32.9 Å². The van der Waals surface area contributed by atoms with E-state index in [4.69, 9.17) is 12.2 Å². The number of thiocarbonyl (C=S) groups is 1. The maximum atomic E-state index is 11.7. The lowest BCUT2D eigenvalue weighted by atomic mass is 10.1. The molecule has 0 atom stereocenters. The highest BCUT2D eigenvalue weighted by molar-refractivity contribution is 7.80. The molecule has 0 radical (unpaired) electrons. The van der Waals surface area contributed by atoms with Gasteiger partial charge >= 0.3 is 0 Å². The minimum absolute atomic E-state index is 0.256. The Kier molecular flexibility index (Phi) is 5.60. The Balaban J connectivity index is 1.49. The van der Waals surface area contributed by atoms with Crippen molar-refractivity contribution in [3.8, 4) is 0 Å². The van der Waals surface area contributed by atoms with Gasteiger partial charge in [-0.1, -0.05) is 30.3 Å². The van der Waals surface area contributed by atoms with Crippen LogP contribution in [-0.4, -0.2) is 27.4 Å². The van der Waals surface area contributed by atoms with Crippen LogP contribution in [0.2, 0.25) is 0 Å². The highest BCUT2D eigenvalue weighted by atomic mass is 32.1. The monoisotopic (exact) mass is 354 g/mol. The highest BCUT2D eigenvalue weighted by Crippen LogP contribution is 2.15. The lowest BCUT2D eigenvalue weighted by Crippen LogP contribution is -2.28. The van der Waals surface area contributed by atoms with Crippen LogP contribution in [0.1, 0.15) is 29.5 Å². The van der Waals surface area contributed by atoms with Gasteiger partial charge in [-0.25, -0.2) is 4.98 Å². The normalized spacial score (nSPS) is 13.8. The third kappa shape index (κ3) is 4.76. The van der Waals surface area contributed by atoms with Crippen molar-refractivity contribution in [1.29, 1.82) is 0 Å². The van der Waals surface area contributed by atoms with Crippen molar-refractivity contribution in [2.75, 3.05) is 11.9 Å². The van der Waals surface area contributed by atoms with Crippen molar-refractivity contribution in [3.63, 3.8) is 0 Å². The molecule has 1 saturated heterocycles. The van der Waals surface area contributed by atoms with Gasteiger partial charge in [-0.05, 0) is 48.3 Å². The first-order chi connectivity index (χ1) is 12.1. The van der Waals surface area contributed by atoms with Gasteiger partial charge < -0.3 is 15.5 Å². The summed E-state index contributed by atoms with van der Waals surface area (Å²) >= 11 is 5.32. The number of aromatic nitrogens is 1. The molecule has 1 fully saturated rings. The second-order valence-electron chi connectivity index (χ2n) is 6.21. The number of carbonyl (C=O) groups excluding carboxylic acids is 1. The molecule has 1 aromatic carbocycles. The van der Waals surface area contributed by atoms with Crippen LogP contribution in [0.25, 0.3) is 0 Å². The van der Waals surface area contributed by atoms with Crippen LogP contribution in [0.4, 0.5) is 5.82 Å². The Morgan fingerprint density at radius 3 is 2.68 bits per heavy atom. The van der Waals surface area contributed by atoms with Gasteiger partial charge in [0.1, 0.15) is 5.82 Å². The van der Waals surface area contributed by atoms with Crippen molar-refractivity contribution >= 4 is 29.1 Å². The summed E-state index contributed by atoms with van der Waals surface area (Å²) < 4.78 is 0. The highest BCUT2D eigenvalue weighted by Gasteiger charge is 2.19. The summed E-state index contributed by atoms with van der Waals surface area (Å²) in [6, 6.07) is 12.2. The molecule has 0 aliphatic carbocycles. The predicted molar refractivity (Wildman–Crippen MR) is 103 cm³/mol. The van der Waals surface area contributed by atoms with Gasteiger partial charge in [0.05, 0.1) is 0 Å². The Bertz CT molecular complexity index is 760. The number of carbonyl (C=O) groups is 1. The van der Waals surface area contributed by atoms with E-state index in [9.17, 15) is 4.79 Å². The average molecular weight is 354 g/mol. The van der Waals surface area contributed by atoms with Gasteiger partial charge in [-0.2, -0.15) is 0 Å². The predicted octanol–water partition coefficient (Wildman–Crippen LogP) is 3.00. The second kappa shape index (κ2) is 8.07. The Hall–Kier alpha value is -2.47. The molecule has 25 heavy (non-hydrogen) atoms. The van der Waals surface area contributed by atoms with Crippen molar-refractivity contribution in [3.05, 3.63) is 59.3 Å². The van der Waals surface area contributed by atoms with Gasteiger partial charge in [0.15, 0.2) is 5.11 Å². The molecular weight excluding hydrogens is 332 g/mol. The molecule has 0 bridgehead atoms. The number of amides is 1. The number of hydrogen-bond acceptors (Lipinski definition) is 3. The molecule has 0 unspecified atom stereocenters. The molecule has 0 spiro atoms. The molecule has 1 aliphatic heterocycles. The third-order valence-electron chi connectivity index (χ3n) is 4.26. The first-order valence-electron chi connectivity index (χ1n) is 8.44. The number of nitrogens with one attached hydrogen (secondary N) is 2. The summed E-state index contributed by atoms with van der Waals surface area (Å²) in [5, 5.41) is 6.85. The van der Waals surface area contributed by atoms with Gasteiger partial charge in [0.25, 0.3) is 0 Å². The molecule has 130 valence electrons. The average Bonchev–Trinajstić information content (AvgIpc) is 3.01. The summed E-state index contributed by atoms with van der Waals surface area (Å²) in [6.45, 7) is 4.20. The molecule has 5 nitrogen and oxygen atoms in total. The second-order valence-corrected chi connectivity index (χ2v) is 6.62. The molecule has 1 amide bonds. The lowest BCUT2D eigenvalue weighted by molar-refractivity contribution is -0.128. The molecule has 6 heteroatoms.